The SMILES string of the molecule is CS(=O)(=O)c1nc(N)c(C#N)c(-c2ccc(O)cc2)n1. The maximum Gasteiger partial charge on any atom is 0.249 e. The summed E-state index contributed by atoms with van der Waals surface area (Å²) in [4.78, 5) is 7.52. The largest absolute Gasteiger partial charge is 0.508 e. The van der Waals surface area contributed by atoms with E-state index >= 15 is 0 Å². The highest BCUT2D eigenvalue weighted by Gasteiger charge is 2.19. The lowest BCUT2D eigenvalue weighted by Gasteiger charge is -2.07. The van der Waals surface area contributed by atoms with Gasteiger partial charge in [0.15, 0.2) is 0 Å². The van der Waals surface area contributed by atoms with Gasteiger partial charge in [-0.3, -0.25) is 0 Å². The topological polar surface area (TPSA) is 130 Å². The first-order valence-electron chi connectivity index (χ1n) is 5.40. The first-order valence-corrected chi connectivity index (χ1v) is 7.29. The van der Waals surface area contributed by atoms with Crippen LogP contribution in [0.25, 0.3) is 11.3 Å². The highest BCUT2D eigenvalue weighted by Crippen LogP contribution is 2.26. The number of benzene rings is 1. The van der Waals surface area contributed by atoms with E-state index in [-0.39, 0.29) is 22.8 Å². The number of sulfone groups is 1. The fourth-order valence-electron chi connectivity index (χ4n) is 1.56. The molecule has 20 heavy (non-hydrogen) atoms. The van der Waals surface area contributed by atoms with Crippen molar-refractivity contribution >= 4 is 15.7 Å². The Kier molecular flexibility index (Phi) is 3.29. The van der Waals surface area contributed by atoms with Crippen LogP contribution < -0.4 is 5.73 Å². The van der Waals surface area contributed by atoms with Crippen molar-refractivity contribution in [3.05, 3.63) is 29.8 Å². The molecule has 0 spiro atoms. The van der Waals surface area contributed by atoms with Gasteiger partial charge >= 0.3 is 0 Å². The Balaban J connectivity index is 2.77. The highest BCUT2D eigenvalue weighted by atomic mass is 32.2. The van der Waals surface area contributed by atoms with Crippen LogP contribution in [0, 0.1) is 11.3 Å². The average molecular weight is 290 g/mol. The normalized spacial score (nSPS) is 11.0. The van der Waals surface area contributed by atoms with E-state index in [0.717, 1.165) is 6.26 Å². The van der Waals surface area contributed by atoms with Crippen LogP contribution in [-0.2, 0) is 9.84 Å². The van der Waals surface area contributed by atoms with E-state index in [1.165, 1.54) is 24.3 Å². The van der Waals surface area contributed by atoms with E-state index in [1.807, 2.05) is 6.07 Å². The Bertz CT molecular complexity index is 808. The summed E-state index contributed by atoms with van der Waals surface area (Å²) < 4.78 is 23.0. The molecule has 0 aliphatic rings. The number of nitrogen functional groups attached to an aromatic ring is 1. The molecule has 102 valence electrons. The number of phenols is 1. The van der Waals surface area contributed by atoms with Crippen LogP contribution in [0.4, 0.5) is 5.82 Å². The Morgan fingerprint density at radius 1 is 1.25 bits per heavy atom. The summed E-state index contributed by atoms with van der Waals surface area (Å²) in [5.41, 5.74) is 6.17. The maximum absolute atomic E-state index is 11.5. The van der Waals surface area contributed by atoms with Gasteiger partial charge in [0.1, 0.15) is 23.2 Å². The third-order valence-electron chi connectivity index (χ3n) is 2.50. The van der Waals surface area contributed by atoms with Gasteiger partial charge < -0.3 is 10.8 Å². The lowest BCUT2D eigenvalue weighted by atomic mass is 10.1. The minimum atomic E-state index is -3.65. The van der Waals surface area contributed by atoms with Crippen LogP contribution in [0.3, 0.4) is 0 Å². The fraction of sp³-hybridized carbons (Fsp3) is 0.0833. The number of hydrogen-bond acceptors (Lipinski definition) is 7. The second kappa shape index (κ2) is 4.79. The molecule has 0 unspecified atom stereocenters. The van der Waals surface area contributed by atoms with Gasteiger partial charge in [-0.2, -0.15) is 10.2 Å². The molecular weight excluding hydrogens is 280 g/mol. The second-order valence-corrected chi connectivity index (χ2v) is 5.96. The number of nitriles is 1. The maximum atomic E-state index is 11.5. The van der Waals surface area contributed by atoms with Crippen LogP contribution in [0.15, 0.2) is 29.4 Å². The van der Waals surface area contributed by atoms with Crippen molar-refractivity contribution in [3.63, 3.8) is 0 Å². The van der Waals surface area contributed by atoms with Crippen molar-refractivity contribution < 1.29 is 13.5 Å². The smallest absolute Gasteiger partial charge is 0.249 e. The van der Waals surface area contributed by atoms with Crippen LogP contribution in [-0.4, -0.2) is 29.7 Å². The number of hydrogen-bond donors (Lipinski definition) is 2. The number of phenolic OH excluding ortho intramolecular Hbond substituents is 1. The van der Waals surface area contributed by atoms with Crippen LogP contribution >= 0.6 is 0 Å². The van der Waals surface area contributed by atoms with Gasteiger partial charge in [0.25, 0.3) is 0 Å². The summed E-state index contributed by atoms with van der Waals surface area (Å²) in [6.07, 6.45) is 0.953. The van der Waals surface area contributed by atoms with Gasteiger partial charge in [-0.05, 0) is 24.3 Å². The van der Waals surface area contributed by atoms with E-state index in [1.54, 1.807) is 0 Å². The monoisotopic (exact) mass is 290 g/mol. The Morgan fingerprint density at radius 3 is 2.35 bits per heavy atom. The number of rotatable bonds is 2. The predicted molar refractivity (Wildman–Crippen MR) is 71.4 cm³/mol. The second-order valence-electron chi connectivity index (χ2n) is 4.05. The molecule has 0 amide bonds. The molecule has 1 aromatic heterocycles. The lowest BCUT2D eigenvalue weighted by Crippen LogP contribution is -2.09. The first kappa shape index (κ1) is 13.8. The Morgan fingerprint density at radius 2 is 1.85 bits per heavy atom. The third-order valence-corrected chi connectivity index (χ3v) is 3.35. The number of aromatic nitrogens is 2. The summed E-state index contributed by atoms with van der Waals surface area (Å²) in [7, 11) is -3.65. The van der Waals surface area contributed by atoms with Gasteiger partial charge in [0.2, 0.25) is 15.0 Å². The van der Waals surface area contributed by atoms with E-state index in [9.17, 15) is 13.5 Å². The van der Waals surface area contributed by atoms with Gasteiger partial charge in [0.05, 0.1) is 5.69 Å². The molecule has 1 heterocycles. The molecule has 0 saturated carbocycles. The molecule has 0 atom stereocenters. The molecule has 0 saturated heterocycles. The standard InChI is InChI=1S/C12H10N4O3S/c1-20(18,19)12-15-10(9(6-13)11(14)16-12)7-2-4-8(17)5-3-7/h2-5,17H,1H3,(H2,14,15,16). The van der Waals surface area contributed by atoms with Crippen LogP contribution in [0.5, 0.6) is 5.75 Å². The summed E-state index contributed by atoms with van der Waals surface area (Å²) in [6.45, 7) is 0. The molecule has 0 aliphatic carbocycles. The van der Waals surface area contributed by atoms with E-state index in [0.29, 0.717) is 5.56 Å². The van der Waals surface area contributed by atoms with Crippen LogP contribution in [0.1, 0.15) is 5.56 Å². The average Bonchev–Trinajstić information content (AvgIpc) is 2.37. The summed E-state index contributed by atoms with van der Waals surface area (Å²) in [5.74, 6) is -0.163. The minimum absolute atomic E-state index is 0.0110. The number of nitrogens with two attached hydrogens (primary N) is 1. The molecule has 0 fully saturated rings. The third kappa shape index (κ3) is 2.53. The number of aromatic hydroxyl groups is 1. The molecule has 2 rings (SSSR count). The Hall–Kier alpha value is -2.66. The van der Waals surface area contributed by atoms with Gasteiger partial charge in [-0.1, -0.05) is 0 Å². The molecule has 0 aliphatic heterocycles. The van der Waals surface area contributed by atoms with E-state index in [4.69, 9.17) is 11.0 Å². The molecular formula is C12H10N4O3S. The molecule has 1 aromatic carbocycles. The zero-order chi connectivity index (χ0) is 14.9. The summed E-state index contributed by atoms with van der Waals surface area (Å²) in [5, 5.41) is 17.9. The summed E-state index contributed by atoms with van der Waals surface area (Å²) >= 11 is 0. The highest BCUT2D eigenvalue weighted by molar-refractivity contribution is 7.90. The van der Waals surface area contributed by atoms with Gasteiger partial charge in [0, 0.05) is 11.8 Å². The van der Waals surface area contributed by atoms with Gasteiger partial charge in [-0.25, -0.2) is 13.4 Å². The number of anilines is 1. The van der Waals surface area contributed by atoms with E-state index < -0.39 is 15.0 Å². The summed E-state index contributed by atoms with van der Waals surface area (Å²) in [6, 6.07) is 7.65. The van der Waals surface area contributed by atoms with Crippen molar-refractivity contribution in [3.8, 4) is 23.1 Å². The Labute approximate surface area is 115 Å². The fourth-order valence-corrected chi connectivity index (χ4v) is 2.08. The molecule has 8 heteroatoms. The van der Waals surface area contributed by atoms with Crippen LogP contribution in [0.2, 0.25) is 0 Å². The lowest BCUT2D eigenvalue weighted by molar-refractivity contribution is 0.475. The first-order chi connectivity index (χ1) is 9.32. The van der Waals surface area contributed by atoms with Gasteiger partial charge in [-0.15, -0.1) is 0 Å². The van der Waals surface area contributed by atoms with Crippen molar-refractivity contribution in [2.75, 3.05) is 12.0 Å². The van der Waals surface area contributed by atoms with Crippen molar-refractivity contribution in [1.82, 2.24) is 9.97 Å². The molecule has 0 bridgehead atoms. The zero-order valence-corrected chi connectivity index (χ0v) is 11.2. The minimum Gasteiger partial charge on any atom is -0.508 e. The van der Waals surface area contributed by atoms with Crippen molar-refractivity contribution in [1.29, 1.82) is 5.26 Å². The van der Waals surface area contributed by atoms with Crippen molar-refractivity contribution in [2.45, 2.75) is 5.16 Å². The van der Waals surface area contributed by atoms with E-state index in [2.05, 4.69) is 9.97 Å². The molecule has 7 nitrogen and oxygen atoms in total. The van der Waals surface area contributed by atoms with Crippen molar-refractivity contribution in [2.24, 2.45) is 0 Å². The zero-order valence-electron chi connectivity index (χ0n) is 10.4. The molecule has 3 N–H and O–H groups in total. The molecule has 2 aromatic rings. The molecule has 0 radical (unpaired) electrons. The quantitative estimate of drug-likeness (QED) is 0.778. The number of nitrogens with zero attached hydrogens (tertiary/aromatic N) is 3. The predicted octanol–water partition coefficient (Wildman–Crippen LogP) is 0.707.